The molecular weight excluding hydrogens is 534 g/mol. The van der Waals surface area contributed by atoms with Crippen LogP contribution in [-0.4, -0.2) is 15.0 Å². The van der Waals surface area contributed by atoms with Crippen molar-refractivity contribution in [3.05, 3.63) is 164 Å². The summed E-state index contributed by atoms with van der Waals surface area (Å²) in [4.78, 5) is 15.5. The lowest BCUT2D eigenvalue weighted by Gasteiger charge is -2.15. The van der Waals surface area contributed by atoms with E-state index in [1.807, 2.05) is 30.3 Å². The van der Waals surface area contributed by atoms with Crippen molar-refractivity contribution in [2.45, 2.75) is 0 Å². The second kappa shape index (κ2) is 11.0. The molecule has 1 aromatic heterocycles. The van der Waals surface area contributed by atoms with Crippen molar-refractivity contribution in [1.82, 2.24) is 15.0 Å². The quantitative estimate of drug-likeness (QED) is 0.196. The molecule has 0 aliphatic heterocycles. The van der Waals surface area contributed by atoms with Gasteiger partial charge in [0.1, 0.15) is 0 Å². The van der Waals surface area contributed by atoms with Gasteiger partial charge in [-0.3, -0.25) is 0 Å². The van der Waals surface area contributed by atoms with Crippen LogP contribution in [0.4, 0.5) is 0 Å². The summed E-state index contributed by atoms with van der Waals surface area (Å²) in [6.07, 6.45) is 0. The number of nitrogens with zero attached hydrogens (tertiary/aromatic N) is 3. The first-order valence-electron chi connectivity index (χ1n) is 14.8. The summed E-state index contributed by atoms with van der Waals surface area (Å²) in [5, 5.41) is 4.54. The summed E-state index contributed by atoms with van der Waals surface area (Å²) < 4.78 is 0. The zero-order valence-corrected chi connectivity index (χ0v) is 23.9. The Hall–Kier alpha value is -5.93. The van der Waals surface area contributed by atoms with E-state index in [2.05, 4.69) is 133 Å². The minimum atomic E-state index is 0.643. The molecule has 3 nitrogen and oxygen atoms in total. The molecule has 8 rings (SSSR count). The Morgan fingerprint density at radius 3 is 1.43 bits per heavy atom. The molecule has 0 bridgehead atoms. The van der Waals surface area contributed by atoms with Crippen molar-refractivity contribution in [2.75, 3.05) is 0 Å². The molecule has 0 N–H and O–H groups in total. The molecule has 0 saturated carbocycles. The molecule has 7 aromatic carbocycles. The number of rotatable bonds is 5. The third-order valence-electron chi connectivity index (χ3n) is 8.11. The van der Waals surface area contributed by atoms with Crippen LogP contribution in [0.2, 0.25) is 0 Å². The maximum absolute atomic E-state index is 5.27. The Balaban J connectivity index is 1.43. The highest BCUT2D eigenvalue weighted by atomic mass is 15.0. The van der Waals surface area contributed by atoms with Crippen molar-refractivity contribution in [2.24, 2.45) is 0 Å². The maximum Gasteiger partial charge on any atom is 0.165 e. The Kier molecular flexibility index (Phi) is 6.47. The molecular formula is C41H27N3. The van der Waals surface area contributed by atoms with Gasteiger partial charge in [-0.15, -0.1) is 0 Å². The van der Waals surface area contributed by atoms with Gasteiger partial charge in [-0.25, -0.2) is 15.0 Å². The van der Waals surface area contributed by atoms with Gasteiger partial charge in [0, 0.05) is 16.7 Å². The standard InChI is InChI=1S/C41H27N3/c1-4-14-28(15-5-1)31-24-25-36(37(27-31)29-16-6-2-7-17-29)40-42-39(30-18-8-3-9-19-30)43-41(44-40)38-34-22-12-10-20-32(34)26-33-21-11-13-23-35(33)38/h1-27H. The summed E-state index contributed by atoms with van der Waals surface area (Å²) in [6.45, 7) is 0. The van der Waals surface area contributed by atoms with Crippen molar-refractivity contribution in [3.63, 3.8) is 0 Å². The highest BCUT2D eigenvalue weighted by Gasteiger charge is 2.19. The topological polar surface area (TPSA) is 38.7 Å². The normalized spacial score (nSPS) is 11.2. The molecule has 0 radical (unpaired) electrons. The number of fused-ring (bicyclic) bond motifs is 2. The van der Waals surface area contributed by atoms with Crippen LogP contribution >= 0.6 is 0 Å². The minimum Gasteiger partial charge on any atom is -0.208 e. The third-order valence-corrected chi connectivity index (χ3v) is 8.11. The van der Waals surface area contributed by atoms with Gasteiger partial charge in [0.05, 0.1) is 0 Å². The SMILES string of the molecule is c1ccc(-c2ccc(-c3nc(-c4ccccc4)nc(-c4c5ccccc5cc5ccccc45)n3)c(-c3ccccc3)c2)cc1. The van der Waals surface area contributed by atoms with Crippen molar-refractivity contribution in [1.29, 1.82) is 0 Å². The summed E-state index contributed by atoms with van der Waals surface area (Å²) in [6, 6.07) is 56.9. The van der Waals surface area contributed by atoms with Gasteiger partial charge in [-0.05, 0) is 62.0 Å². The molecule has 44 heavy (non-hydrogen) atoms. The van der Waals surface area contributed by atoms with E-state index in [1.165, 1.54) is 5.56 Å². The third kappa shape index (κ3) is 4.71. The first-order chi connectivity index (χ1) is 21.8. The van der Waals surface area contributed by atoms with Crippen LogP contribution < -0.4 is 0 Å². The second-order valence-electron chi connectivity index (χ2n) is 10.9. The Bertz CT molecular complexity index is 2210. The Labute approximate surface area is 256 Å². The van der Waals surface area contributed by atoms with Gasteiger partial charge in [-0.1, -0.05) is 146 Å². The van der Waals surface area contributed by atoms with Crippen LogP contribution in [0.3, 0.4) is 0 Å². The maximum atomic E-state index is 5.27. The molecule has 0 fully saturated rings. The Morgan fingerprint density at radius 2 is 0.795 bits per heavy atom. The van der Waals surface area contributed by atoms with Crippen molar-refractivity contribution < 1.29 is 0 Å². The van der Waals surface area contributed by atoms with E-state index in [-0.39, 0.29) is 0 Å². The van der Waals surface area contributed by atoms with E-state index in [4.69, 9.17) is 15.0 Å². The smallest absolute Gasteiger partial charge is 0.165 e. The molecule has 0 aliphatic rings. The van der Waals surface area contributed by atoms with E-state index >= 15 is 0 Å². The summed E-state index contributed by atoms with van der Waals surface area (Å²) in [5.41, 5.74) is 7.42. The molecule has 0 atom stereocenters. The monoisotopic (exact) mass is 561 g/mol. The first-order valence-corrected chi connectivity index (χ1v) is 14.8. The van der Waals surface area contributed by atoms with Gasteiger partial charge in [0.25, 0.3) is 0 Å². The molecule has 1 heterocycles. The van der Waals surface area contributed by atoms with Gasteiger partial charge < -0.3 is 0 Å². The highest BCUT2D eigenvalue weighted by molar-refractivity contribution is 6.11. The number of hydrogen-bond acceptors (Lipinski definition) is 3. The molecule has 0 spiro atoms. The lowest BCUT2D eigenvalue weighted by molar-refractivity contribution is 1.08. The average molecular weight is 562 g/mol. The molecule has 0 aliphatic carbocycles. The molecule has 0 saturated heterocycles. The van der Waals surface area contributed by atoms with Crippen molar-refractivity contribution in [3.8, 4) is 56.4 Å². The molecule has 0 unspecified atom stereocenters. The fourth-order valence-electron chi connectivity index (χ4n) is 5.99. The van der Waals surface area contributed by atoms with Crippen LogP contribution in [0.1, 0.15) is 0 Å². The highest BCUT2D eigenvalue weighted by Crippen LogP contribution is 2.39. The van der Waals surface area contributed by atoms with Crippen LogP contribution in [0.5, 0.6) is 0 Å². The predicted octanol–water partition coefficient (Wildman–Crippen LogP) is 10.5. The summed E-state index contributed by atoms with van der Waals surface area (Å²) >= 11 is 0. The van der Waals surface area contributed by atoms with Gasteiger partial charge in [-0.2, -0.15) is 0 Å². The Morgan fingerprint density at radius 1 is 0.295 bits per heavy atom. The summed E-state index contributed by atoms with van der Waals surface area (Å²) in [7, 11) is 0. The van der Waals surface area contributed by atoms with Gasteiger partial charge >= 0.3 is 0 Å². The van der Waals surface area contributed by atoms with Gasteiger partial charge in [0.15, 0.2) is 17.5 Å². The van der Waals surface area contributed by atoms with Crippen LogP contribution in [0.15, 0.2) is 164 Å². The van der Waals surface area contributed by atoms with Gasteiger partial charge in [0.2, 0.25) is 0 Å². The fraction of sp³-hybridized carbons (Fsp3) is 0. The average Bonchev–Trinajstić information content (AvgIpc) is 3.11. The largest absolute Gasteiger partial charge is 0.208 e. The van der Waals surface area contributed by atoms with Crippen molar-refractivity contribution >= 4 is 21.5 Å². The predicted molar refractivity (Wildman–Crippen MR) is 182 cm³/mol. The molecule has 8 aromatic rings. The van der Waals surface area contributed by atoms with E-state index in [0.29, 0.717) is 17.5 Å². The van der Waals surface area contributed by atoms with E-state index in [9.17, 15) is 0 Å². The van der Waals surface area contributed by atoms with E-state index in [0.717, 1.165) is 54.9 Å². The zero-order chi connectivity index (χ0) is 29.3. The minimum absolute atomic E-state index is 0.643. The molecule has 206 valence electrons. The number of aromatic nitrogens is 3. The van der Waals surface area contributed by atoms with Crippen LogP contribution in [-0.2, 0) is 0 Å². The van der Waals surface area contributed by atoms with E-state index in [1.54, 1.807) is 0 Å². The zero-order valence-electron chi connectivity index (χ0n) is 23.9. The number of benzene rings is 7. The van der Waals surface area contributed by atoms with E-state index < -0.39 is 0 Å². The summed E-state index contributed by atoms with van der Waals surface area (Å²) in [5.74, 6) is 1.95. The number of hydrogen-bond donors (Lipinski definition) is 0. The lowest BCUT2D eigenvalue weighted by Crippen LogP contribution is -2.02. The van der Waals surface area contributed by atoms with Crippen LogP contribution in [0.25, 0.3) is 78.0 Å². The molecule has 0 amide bonds. The first kappa shape index (κ1) is 25.8. The second-order valence-corrected chi connectivity index (χ2v) is 10.9. The fourth-order valence-corrected chi connectivity index (χ4v) is 5.99. The lowest BCUT2D eigenvalue weighted by atomic mass is 9.94. The molecule has 3 heteroatoms. The van der Waals surface area contributed by atoms with Crippen LogP contribution in [0, 0.1) is 0 Å².